The molecule has 288 valence electrons. The average molecular weight is 755 g/mol. The Kier molecular flexibility index (Phi) is 13.9. The van der Waals surface area contributed by atoms with Gasteiger partial charge >= 0.3 is 0 Å². The number of azide groups is 1. The summed E-state index contributed by atoms with van der Waals surface area (Å²) >= 11 is 0. The lowest BCUT2D eigenvalue weighted by Crippen LogP contribution is -2.56. The van der Waals surface area contributed by atoms with E-state index in [0.29, 0.717) is 67.9 Å². The number of hydrogen-bond donors (Lipinski definition) is 3. The zero-order valence-corrected chi connectivity index (χ0v) is 31.3. The van der Waals surface area contributed by atoms with Gasteiger partial charge in [0, 0.05) is 36.5 Å². The van der Waals surface area contributed by atoms with Gasteiger partial charge in [0.25, 0.3) is 5.91 Å². The molecule has 1 amide bonds. The Bertz CT molecular complexity index is 2110. The van der Waals surface area contributed by atoms with Gasteiger partial charge in [-0.15, -0.1) is 0 Å². The third-order valence-electron chi connectivity index (χ3n) is 9.43. The minimum Gasteiger partial charge on any atom is -0.494 e. The SMILES string of the molecule is C[C@@H]1OC(c2ccc(OCCCO)cc2)=N[C@]1(Cc1ccccc1CN=[N+]=[N-])C(=O)NNCCc1ccc(OCc2ccccc2)c(OCc2ccccc2)c1. The highest BCUT2D eigenvalue weighted by atomic mass is 16.5. The maximum absolute atomic E-state index is 14.3. The highest BCUT2D eigenvalue weighted by Gasteiger charge is 2.50. The number of aliphatic hydroxyl groups excluding tert-OH is 1. The van der Waals surface area contributed by atoms with Gasteiger partial charge in [-0.2, -0.15) is 0 Å². The van der Waals surface area contributed by atoms with Crippen LogP contribution in [0.1, 0.15) is 46.7 Å². The molecule has 0 aliphatic carbocycles. The number of amides is 1. The van der Waals surface area contributed by atoms with Crippen molar-refractivity contribution < 1.29 is 28.8 Å². The van der Waals surface area contributed by atoms with Crippen LogP contribution in [0.5, 0.6) is 17.2 Å². The third kappa shape index (κ3) is 10.5. The molecule has 0 aromatic heterocycles. The van der Waals surface area contributed by atoms with Gasteiger partial charge in [-0.25, -0.2) is 10.4 Å². The van der Waals surface area contributed by atoms with Crippen molar-refractivity contribution in [3.8, 4) is 17.2 Å². The van der Waals surface area contributed by atoms with Crippen LogP contribution >= 0.6 is 0 Å². The fraction of sp³-hybridized carbons (Fsp3) is 0.273. The zero-order chi connectivity index (χ0) is 39.0. The number of rotatable bonds is 20. The van der Waals surface area contributed by atoms with Crippen molar-refractivity contribution in [1.82, 2.24) is 10.9 Å². The molecule has 1 aliphatic rings. The summed E-state index contributed by atoms with van der Waals surface area (Å²) in [6, 6.07) is 40.6. The molecule has 2 atom stereocenters. The number of nitrogens with zero attached hydrogens (tertiary/aromatic N) is 4. The highest BCUT2D eigenvalue weighted by Crippen LogP contribution is 2.34. The second-order valence-corrected chi connectivity index (χ2v) is 13.3. The van der Waals surface area contributed by atoms with Crippen molar-refractivity contribution in [2.75, 3.05) is 19.8 Å². The molecule has 0 unspecified atom stereocenters. The van der Waals surface area contributed by atoms with Crippen molar-refractivity contribution in [1.29, 1.82) is 0 Å². The first-order valence-electron chi connectivity index (χ1n) is 18.7. The van der Waals surface area contributed by atoms with Crippen LogP contribution < -0.4 is 25.1 Å². The second-order valence-electron chi connectivity index (χ2n) is 13.3. The van der Waals surface area contributed by atoms with E-state index in [1.807, 2.05) is 122 Å². The average Bonchev–Trinajstić information content (AvgIpc) is 3.58. The maximum Gasteiger partial charge on any atom is 0.266 e. The van der Waals surface area contributed by atoms with E-state index in [1.54, 1.807) is 12.1 Å². The van der Waals surface area contributed by atoms with Gasteiger partial charge in [0.1, 0.15) is 25.1 Å². The molecule has 5 aromatic rings. The number of carbonyl (C=O) groups is 1. The van der Waals surface area contributed by atoms with Crippen molar-refractivity contribution in [2.24, 2.45) is 10.1 Å². The summed E-state index contributed by atoms with van der Waals surface area (Å²) in [6.07, 6.45) is 0.677. The van der Waals surface area contributed by atoms with Crippen LogP contribution in [0, 0.1) is 0 Å². The molecule has 0 spiro atoms. The van der Waals surface area contributed by atoms with Gasteiger partial charge in [-0.3, -0.25) is 10.2 Å². The van der Waals surface area contributed by atoms with E-state index in [4.69, 9.17) is 34.6 Å². The quantitative estimate of drug-likeness (QED) is 0.0245. The van der Waals surface area contributed by atoms with E-state index < -0.39 is 11.6 Å². The van der Waals surface area contributed by atoms with E-state index in [-0.39, 0.29) is 25.5 Å². The number of ether oxygens (including phenoxy) is 4. The molecule has 0 fully saturated rings. The monoisotopic (exact) mass is 754 g/mol. The third-order valence-corrected chi connectivity index (χ3v) is 9.43. The Morgan fingerprint density at radius 3 is 2.18 bits per heavy atom. The van der Waals surface area contributed by atoms with Crippen LogP contribution in [0.2, 0.25) is 0 Å². The second kappa shape index (κ2) is 19.8. The largest absolute Gasteiger partial charge is 0.494 e. The Morgan fingerprint density at radius 1 is 0.839 bits per heavy atom. The van der Waals surface area contributed by atoms with E-state index in [0.717, 1.165) is 27.8 Å². The number of hydrogen-bond acceptors (Lipinski definition) is 9. The first-order valence-corrected chi connectivity index (χ1v) is 18.7. The molecule has 1 aliphatic heterocycles. The lowest BCUT2D eigenvalue weighted by Gasteiger charge is -2.29. The zero-order valence-electron chi connectivity index (χ0n) is 31.3. The van der Waals surface area contributed by atoms with Crippen LogP contribution in [0.3, 0.4) is 0 Å². The molecule has 3 N–H and O–H groups in total. The summed E-state index contributed by atoms with van der Waals surface area (Å²) < 4.78 is 24.4. The number of carbonyl (C=O) groups excluding carboxylic acids is 1. The summed E-state index contributed by atoms with van der Waals surface area (Å²) in [5.41, 5.74) is 19.1. The van der Waals surface area contributed by atoms with Gasteiger partial charge in [-0.1, -0.05) is 96.1 Å². The van der Waals surface area contributed by atoms with Gasteiger partial charge in [-0.05, 0) is 83.1 Å². The molecule has 0 saturated heterocycles. The number of hydrazine groups is 1. The normalized spacial score (nSPS) is 15.9. The maximum atomic E-state index is 14.3. The van der Waals surface area contributed by atoms with Crippen molar-refractivity contribution in [3.05, 3.63) is 171 Å². The number of benzene rings is 5. The van der Waals surface area contributed by atoms with E-state index in [9.17, 15) is 4.79 Å². The number of nitrogens with one attached hydrogen (secondary N) is 2. The van der Waals surface area contributed by atoms with Crippen molar-refractivity contribution >= 4 is 11.8 Å². The fourth-order valence-electron chi connectivity index (χ4n) is 6.29. The van der Waals surface area contributed by atoms with Gasteiger partial charge in [0.05, 0.1) is 13.2 Å². The predicted molar refractivity (Wildman–Crippen MR) is 214 cm³/mol. The number of aliphatic imine (C=N–C) groups is 1. The van der Waals surface area contributed by atoms with Crippen molar-refractivity contribution in [2.45, 2.75) is 57.6 Å². The van der Waals surface area contributed by atoms with Crippen molar-refractivity contribution in [3.63, 3.8) is 0 Å². The molecule has 0 radical (unpaired) electrons. The van der Waals surface area contributed by atoms with Crippen LogP contribution in [-0.2, 0) is 42.1 Å². The molecular weight excluding hydrogens is 709 g/mol. The van der Waals surface area contributed by atoms with Gasteiger partial charge < -0.3 is 24.1 Å². The summed E-state index contributed by atoms with van der Waals surface area (Å²) in [5.74, 6) is 1.90. The molecule has 5 aromatic carbocycles. The molecule has 0 bridgehead atoms. The first-order chi connectivity index (χ1) is 27.5. The molecule has 56 heavy (non-hydrogen) atoms. The highest BCUT2D eigenvalue weighted by molar-refractivity contribution is 6.00. The predicted octanol–water partition coefficient (Wildman–Crippen LogP) is 7.43. The molecule has 0 saturated carbocycles. The molecule has 1 heterocycles. The smallest absolute Gasteiger partial charge is 0.266 e. The first kappa shape index (κ1) is 39.4. The summed E-state index contributed by atoms with van der Waals surface area (Å²) in [5, 5.41) is 12.8. The Labute approximate surface area is 326 Å². The minimum absolute atomic E-state index is 0.0504. The summed E-state index contributed by atoms with van der Waals surface area (Å²) in [7, 11) is 0. The summed E-state index contributed by atoms with van der Waals surface area (Å²) in [4.78, 5) is 22.2. The standard InChI is InChI=1S/C44H46N6O6/c1-32-44(28-37-15-8-9-16-38(37)29-47-50-45,48-42(56-32)36-18-20-39(21-19-36)53-26-10-25-51)43(52)49-46-24-23-33-17-22-40(54-30-34-11-4-2-5-12-34)41(27-33)55-31-35-13-6-3-7-14-35/h2-9,11-22,27,32,46,51H,10,23-26,28-31H2,1H3,(H,49,52)/t32-,44-/m0/s1. The van der Waals surface area contributed by atoms with Crippen LogP contribution in [0.4, 0.5) is 0 Å². The Balaban J connectivity index is 1.17. The van der Waals surface area contributed by atoms with Crippen LogP contribution in [0.15, 0.2) is 138 Å². The molecular formula is C44H46N6O6. The number of aliphatic hydroxyl groups is 1. The van der Waals surface area contributed by atoms with Gasteiger partial charge in [0.15, 0.2) is 17.0 Å². The topological polar surface area (TPSA) is 159 Å². The fourth-order valence-corrected chi connectivity index (χ4v) is 6.29. The summed E-state index contributed by atoms with van der Waals surface area (Å²) in [6.45, 7) is 3.63. The van der Waals surface area contributed by atoms with E-state index >= 15 is 0 Å². The molecule has 12 nitrogen and oxygen atoms in total. The Morgan fingerprint density at radius 2 is 1.50 bits per heavy atom. The van der Waals surface area contributed by atoms with E-state index in [1.165, 1.54) is 0 Å². The van der Waals surface area contributed by atoms with Crippen LogP contribution in [-0.4, -0.2) is 48.3 Å². The lowest BCUT2D eigenvalue weighted by molar-refractivity contribution is -0.129. The lowest BCUT2D eigenvalue weighted by atomic mass is 9.84. The van der Waals surface area contributed by atoms with E-state index in [2.05, 4.69) is 20.9 Å². The van der Waals surface area contributed by atoms with Gasteiger partial charge in [0.2, 0.25) is 5.90 Å². The molecule has 6 rings (SSSR count). The molecule has 12 heteroatoms. The van der Waals surface area contributed by atoms with Crippen LogP contribution in [0.25, 0.3) is 10.4 Å². The Hall–Kier alpha value is -6.33. The minimum atomic E-state index is -1.35.